The largest absolute Gasteiger partial charge is 0.306 e. The highest BCUT2D eigenvalue weighted by atomic mass is 19.1. The molecule has 23 heavy (non-hydrogen) atoms. The molecule has 0 bridgehead atoms. The van der Waals surface area contributed by atoms with Gasteiger partial charge in [0, 0.05) is 24.3 Å². The molecular formula is C19H24FN3. The van der Waals surface area contributed by atoms with Crippen LogP contribution in [0.2, 0.25) is 0 Å². The molecule has 0 N–H and O–H groups in total. The summed E-state index contributed by atoms with van der Waals surface area (Å²) < 4.78 is 14.0. The Balaban J connectivity index is 1.74. The van der Waals surface area contributed by atoms with Crippen molar-refractivity contribution >= 4 is 0 Å². The molecule has 0 radical (unpaired) electrons. The second kappa shape index (κ2) is 7.20. The third-order valence-electron chi connectivity index (χ3n) is 4.66. The minimum atomic E-state index is -0.195. The molecule has 1 fully saturated rings. The fourth-order valence-corrected chi connectivity index (χ4v) is 3.28. The molecule has 122 valence electrons. The fraction of sp³-hybridized carbons (Fsp3) is 0.421. The van der Waals surface area contributed by atoms with E-state index < -0.39 is 0 Å². The maximum Gasteiger partial charge on any atom is 0.124 e. The van der Waals surface area contributed by atoms with Gasteiger partial charge in [-0.1, -0.05) is 6.07 Å². The van der Waals surface area contributed by atoms with Crippen molar-refractivity contribution in [1.29, 1.82) is 0 Å². The lowest BCUT2D eigenvalue weighted by Crippen LogP contribution is -2.41. The molecule has 0 amide bonds. The van der Waals surface area contributed by atoms with Gasteiger partial charge in [-0.3, -0.25) is 9.88 Å². The summed E-state index contributed by atoms with van der Waals surface area (Å²) in [5.41, 5.74) is 2.67. The van der Waals surface area contributed by atoms with Gasteiger partial charge in [-0.05, 0) is 75.9 Å². The van der Waals surface area contributed by atoms with E-state index in [9.17, 15) is 4.39 Å². The van der Waals surface area contributed by atoms with Crippen molar-refractivity contribution in [2.24, 2.45) is 0 Å². The molecule has 0 aliphatic carbocycles. The second-order valence-corrected chi connectivity index (χ2v) is 6.51. The minimum Gasteiger partial charge on any atom is -0.306 e. The number of rotatable bonds is 4. The maximum atomic E-state index is 14.0. The van der Waals surface area contributed by atoms with Crippen LogP contribution in [0, 0.1) is 5.82 Å². The summed E-state index contributed by atoms with van der Waals surface area (Å²) in [6, 6.07) is 11.5. The third-order valence-corrected chi connectivity index (χ3v) is 4.66. The average molecular weight is 313 g/mol. The summed E-state index contributed by atoms with van der Waals surface area (Å²) in [4.78, 5) is 9.04. The molecule has 1 aromatic heterocycles. The summed E-state index contributed by atoms with van der Waals surface area (Å²) >= 11 is 0. The Labute approximate surface area is 137 Å². The Morgan fingerprint density at radius 2 is 2.00 bits per heavy atom. The van der Waals surface area contributed by atoms with Crippen LogP contribution in [0.15, 0.2) is 42.6 Å². The number of hydrogen-bond acceptors (Lipinski definition) is 3. The van der Waals surface area contributed by atoms with E-state index in [4.69, 9.17) is 0 Å². The first-order chi connectivity index (χ1) is 11.1. The highest BCUT2D eigenvalue weighted by Crippen LogP contribution is 2.22. The van der Waals surface area contributed by atoms with E-state index >= 15 is 0 Å². The van der Waals surface area contributed by atoms with Gasteiger partial charge in [0.2, 0.25) is 0 Å². The molecule has 1 aromatic carbocycles. The first kappa shape index (κ1) is 16.1. The highest BCUT2D eigenvalue weighted by Gasteiger charge is 2.20. The summed E-state index contributed by atoms with van der Waals surface area (Å²) in [7, 11) is 4.31. The van der Waals surface area contributed by atoms with Crippen LogP contribution >= 0.6 is 0 Å². The van der Waals surface area contributed by atoms with Crippen molar-refractivity contribution in [3.8, 4) is 11.3 Å². The summed E-state index contributed by atoms with van der Waals surface area (Å²) in [5.74, 6) is -0.195. The number of pyridine rings is 1. The standard InChI is InChI=1S/C19H24FN3/c1-22-9-6-18(7-10-22)23(2)14-15-11-16(13-17(20)12-15)19-5-3-4-8-21-19/h3-5,8,11-13,18H,6-7,9-10,14H2,1-2H3. The van der Waals surface area contributed by atoms with Crippen LogP contribution < -0.4 is 0 Å². The van der Waals surface area contributed by atoms with E-state index in [0.29, 0.717) is 6.04 Å². The normalized spacial score (nSPS) is 16.9. The third kappa shape index (κ3) is 4.15. The van der Waals surface area contributed by atoms with E-state index in [1.807, 2.05) is 18.2 Å². The number of hydrogen-bond donors (Lipinski definition) is 0. The predicted molar refractivity (Wildman–Crippen MR) is 91.6 cm³/mol. The Bertz CT molecular complexity index is 636. The topological polar surface area (TPSA) is 19.4 Å². The van der Waals surface area contributed by atoms with E-state index in [2.05, 4.69) is 34.9 Å². The van der Waals surface area contributed by atoms with Crippen LogP contribution in [0.1, 0.15) is 18.4 Å². The Hall–Kier alpha value is -1.78. The number of halogens is 1. The lowest BCUT2D eigenvalue weighted by Gasteiger charge is -2.35. The van der Waals surface area contributed by atoms with Gasteiger partial charge in [0.1, 0.15) is 5.82 Å². The van der Waals surface area contributed by atoms with Crippen LogP contribution in [0.25, 0.3) is 11.3 Å². The minimum absolute atomic E-state index is 0.195. The van der Waals surface area contributed by atoms with Gasteiger partial charge in [0.15, 0.2) is 0 Å². The van der Waals surface area contributed by atoms with Crippen molar-refractivity contribution in [2.45, 2.75) is 25.4 Å². The van der Waals surface area contributed by atoms with Crippen molar-refractivity contribution in [1.82, 2.24) is 14.8 Å². The lowest BCUT2D eigenvalue weighted by molar-refractivity contribution is 0.139. The zero-order valence-electron chi connectivity index (χ0n) is 13.9. The molecule has 2 heterocycles. The van der Waals surface area contributed by atoms with Gasteiger partial charge in [-0.2, -0.15) is 0 Å². The van der Waals surface area contributed by atoms with Gasteiger partial charge in [-0.15, -0.1) is 0 Å². The monoisotopic (exact) mass is 313 g/mol. The van der Waals surface area contributed by atoms with Crippen LogP contribution in [0.5, 0.6) is 0 Å². The van der Waals surface area contributed by atoms with Crippen LogP contribution in [-0.4, -0.2) is 48.0 Å². The molecule has 0 spiro atoms. The molecule has 3 nitrogen and oxygen atoms in total. The SMILES string of the molecule is CN1CCC(N(C)Cc2cc(F)cc(-c3ccccn3)c2)CC1. The molecular weight excluding hydrogens is 289 g/mol. The van der Waals surface area contributed by atoms with Crippen molar-refractivity contribution in [3.63, 3.8) is 0 Å². The predicted octanol–water partition coefficient (Wildman–Crippen LogP) is 3.41. The zero-order valence-corrected chi connectivity index (χ0v) is 13.9. The number of likely N-dealkylation sites (tertiary alicyclic amines) is 1. The molecule has 4 heteroatoms. The Kier molecular flexibility index (Phi) is 5.03. The average Bonchev–Trinajstić information content (AvgIpc) is 2.55. The molecule has 2 aromatic rings. The summed E-state index contributed by atoms with van der Waals surface area (Å²) in [6.45, 7) is 3.04. The van der Waals surface area contributed by atoms with E-state index in [-0.39, 0.29) is 5.82 Å². The number of aromatic nitrogens is 1. The van der Waals surface area contributed by atoms with E-state index in [0.717, 1.165) is 36.5 Å². The molecule has 0 saturated carbocycles. The first-order valence-electron chi connectivity index (χ1n) is 8.21. The molecule has 1 aliphatic rings. The molecule has 1 saturated heterocycles. The number of benzene rings is 1. The Morgan fingerprint density at radius 3 is 2.70 bits per heavy atom. The lowest BCUT2D eigenvalue weighted by atomic mass is 10.0. The molecule has 0 unspecified atom stereocenters. The van der Waals surface area contributed by atoms with Gasteiger partial charge in [0.05, 0.1) is 5.69 Å². The van der Waals surface area contributed by atoms with Crippen LogP contribution in [-0.2, 0) is 6.54 Å². The van der Waals surface area contributed by atoms with Gasteiger partial charge in [-0.25, -0.2) is 4.39 Å². The quantitative estimate of drug-likeness (QED) is 0.862. The maximum absolute atomic E-state index is 14.0. The zero-order chi connectivity index (χ0) is 16.2. The number of piperidine rings is 1. The van der Waals surface area contributed by atoms with Crippen molar-refractivity contribution in [3.05, 3.63) is 54.0 Å². The van der Waals surface area contributed by atoms with Crippen molar-refractivity contribution in [2.75, 3.05) is 27.2 Å². The first-order valence-corrected chi connectivity index (χ1v) is 8.21. The summed E-state index contributed by atoms with van der Waals surface area (Å²) in [6.07, 6.45) is 4.09. The number of nitrogens with zero attached hydrogens (tertiary/aromatic N) is 3. The highest BCUT2D eigenvalue weighted by molar-refractivity contribution is 5.59. The van der Waals surface area contributed by atoms with Crippen LogP contribution in [0.3, 0.4) is 0 Å². The van der Waals surface area contributed by atoms with E-state index in [1.54, 1.807) is 18.3 Å². The van der Waals surface area contributed by atoms with Gasteiger partial charge >= 0.3 is 0 Å². The van der Waals surface area contributed by atoms with Gasteiger partial charge < -0.3 is 4.90 Å². The molecule has 0 atom stereocenters. The second-order valence-electron chi connectivity index (χ2n) is 6.51. The smallest absolute Gasteiger partial charge is 0.124 e. The fourth-order valence-electron chi connectivity index (χ4n) is 3.28. The van der Waals surface area contributed by atoms with Crippen molar-refractivity contribution < 1.29 is 4.39 Å². The summed E-state index contributed by atoms with van der Waals surface area (Å²) in [5, 5.41) is 0. The van der Waals surface area contributed by atoms with Crippen LogP contribution in [0.4, 0.5) is 4.39 Å². The molecule has 3 rings (SSSR count). The molecule has 1 aliphatic heterocycles. The Morgan fingerprint density at radius 1 is 1.22 bits per heavy atom. The van der Waals surface area contributed by atoms with Gasteiger partial charge in [0.25, 0.3) is 0 Å². The van der Waals surface area contributed by atoms with E-state index in [1.165, 1.54) is 12.8 Å².